The predicted octanol–water partition coefficient (Wildman–Crippen LogP) is 1.92. The summed E-state index contributed by atoms with van der Waals surface area (Å²) in [4.78, 5) is 14.7. The first kappa shape index (κ1) is 15.6. The van der Waals surface area contributed by atoms with Crippen LogP contribution in [0.25, 0.3) is 0 Å². The number of rotatable bonds is 3. The number of nitrogens with zero attached hydrogens (tertiary/aromatic N) is 2. The molecule has 0 amide bonds. The van der Waals surface area contributed by atoms with Crippen LogP contribution in [0, 0.1) is 0 Å². The van der Waals surface area contributed by atoms with Gasteiger partial charge in [0.15, 0.2) is 0 Å². The van der Waals surface area contributed by atoms with Crippen LogP contribution >= 0.6 is 0 Å². The van der Waals surface area contributed by atoms with Gasteiger partial charge in [-0.15, -0.1) is 0 Å². The summed E-state index contributed by atoms with van der Waals surface area (Å²) in [6.45, 7) is 2.12. The maximum absolute atomic E-state index is 12.9. The molecule has 2 aromatic rings. The number of hydrogen-bond acceptors (Lipinski definition) is 4. The van der Waals surface area contributed by atoms with Gasteiger partial charge in [-0.25, -0.2) is 13.2 Å². The van der Waals surface area contributed by atoms with Gasteiger partial charge in [-0.2, -0.15) is 4.31 Å². The number of fused-ring (bicyclic) bond motifs is 1. The summed E-state index contributed by atoms with van der Waals surface area (Å²) in [7, 11) is -3.80. The first-order chi connectivity index (χ1) is 10.9. The van der Waals surface area contributed by atoms with Crippen LogP contribution in [-0.4, -0.2) is 34.8 Å². The van der Waals surface area contributed by atoms with Crippen LogP contribution in [0.15, 0.2) is 47.6 Å². The lowest BCUT2D eigenvalue weighted by Crippen LogP contribution is -2.42. The number of carboxylic acids is 1. The van der Waals surface area contributed by atoms with Gasteiger partial charge < -0.3 is 5.11 Å². The first-order valence-corrected chi connectivity index (χ1v) is 8.60. The van der Waals surface area contributed by atoms with Crippen molar-refractivity contribution < 1.29 is 18.3 Å². The van der Waals surface area contributed by atoms with Gasteiger partial charge in [0, 0.05) is 25.0 Å². The van der Waals surface area contributed by atoms with Crippen LogP contribution in [0.3, 0.4) is 0 Å². The second kappa shape index (κ2) is 5.75. The molecule has 120 valence electrons. The minimum Gasteiger partial charge on any atom is -0.478 e. The van der Waals surface area contributed by atoms with Gasteiger partial charge in [0.2, 0.25) is 10.0 Å². The number of benzene rings is 1. The lowest BCUT2D eigenvalue weighted by Gasteiger charge is -2.33. The Kier molecular flexibility index (Phi) is 3.91. The summed E-state index contributed by atoms with van der Waals surface area (Å²) >= 11 is 0. The molecule has 0 spiro atoms. The third-order valence-corrected chi connectivity index (χ3v) is 5.94. The van der Waals surface area contributed by atoms with E-state index in [1.165, 1.54) is 10.5 Å². The van der Waals surface area contributed by atoms with E-state index in [1.54, 1.807) is 0 Å². The van der Waals surface area contributed by atoms with E-state index < -0.39 is 16.0 Å². The monoisotopic (exact) mass is 332 g/mol. The zero-order valence-electron chi connectivity index (χ0n) is 12.5. The van der Waals surface area contributed by atoms with Gasteiger partial charge >= 0.3 is 5.97 Å². The number of aromatic nitrogens is 1. The van der Waals surface area contributed by atoms with Crippen molar-refractivity contribution in [2.45, 2.75) is 30.8 Å². The van der Waals surface area contributed by atoms with E-state index in [0.29, 0.717) is 6.42 Å². The highest BCUT2D eigenvalue weighted by Crippen LogP contribution is 2.28. The Balaban J connectivity index is 2.00. The maximum atomic E-state index is 12.9. The van der Waals surface area contributed by atoms with E-state index in [4.69, 9.17) is 5.11 Å². The molecule has 1 aliphatic heterocycles. The molecule has 0 bridgehead atoms. The quantitative estimate of drug-likeness (QED) is 0.928. The number of carbonyl (C=O) groups is 1. The number of carboxylic acid groups (broad SMARTS) is 1. The van der Waals surface area contributed by atoms with E-state index in [1.807, 2.05) is 31.2 Å². The third kappa shape index (κ3) is 2.85. The van der Waals surface area contributed by atoms with Gasteiger partial charge in [0.25, 0.3) is 0 Å². The predicted molar refractivity (Wildman–Crippen MR) is 83.5 cm³/mol. The number of aromatic carboxylic acids is 1. The van der Waals surface area contributed by atoms with Gasteiger partial charge in [-0.3, -0.25) is 4.98 Å². The maximum Gasteiger partial charge on any atom is 0.337 e. The highest BCUT2D eigenvalue weighted by Gasteiger charge is 2.33. The molecule has 1 aromatic carbocycles. The molecule has 0 aliphatic carbocycles. The topological polar surface area (TPSA) is 87.6 Å². The van der Waals surface area contributed by atoms with Gasteiger partial charge in [0.1, 0.15) is 4.90 Å². The van der Waals surface area contributed by atoms with Crippen molar-refractivity contribution in [1.82, 2.24) is 9.29 Å². The van der Waals surface area contributed by atoms with Crippen molar-refractivity contribution in [3.63, 3.8) is 0 Å². The van der Waals surface area contributed by atoms with Crippen LogP contribution < -0.4 is 0 Å². The van der Waals surface area contributed by atoms with Crippen LogP contribution in [0.4, 0.5) is 0 Å². The highest BCUT2D eigenvalue weighted by molar-refractivity contribution is 7.89. The summed E-state index contributed by atoms with van der Waals surface area (Å²) in [5, 5.41) is 9.02. The fourth-order valence-corrected chi connectivity index (χ4v) is 4.39. The van der Waals surface area contributed by atoms with Crippen molar-refractivity contribution in [2.75, 3.05) is 0 Å². The summed E-state index contributed by atoms with van der Waals surface area (Å²) in [6, 6.07) is 8.68. The SMILES string of the molecule is CC1Cc2ccccc2CN1S(=O)(=O)c1cncc(C(=O)O)c1. The zero-order valence-corrected chi connectivity index (χ0v) is 13.3. The van der Waals surface area contributed by atoms with E-state index in [9.17, 15) is 13.2 Å². The molecule has 7 heteroatoms. The molecular formula is C16H16N2O4S. The van der Waals surface area contributed by atoms with Crippen molar-refractivity contribution >= 4 is 16.0 Å². The summed E-state index contributed by atoms with van der Waals surface area (Å²) < 4.78 is 27.2. The van der Waals surface area contributed by atoms with Crippen molar-refractivity contribution in [2.24, 2.45) is 0 Å². The lowest BCUT2D eigenvalue weighted by molar-refractivity contribution is 0.0696. The Morgan fingerprint density at radius 2 is 1.96 bits per heavy atom. The Morgan fingerprint density at radius 1 is 1.26 bits per heavy atom. The molecule has 1 unspecified atom stereocenters. The zero-order chi connectivity index (χ0) is 16.6. The first-order valence-electron chi connectivity index (χ1n) is 7.16. The van der Waals surface area contributed by atoms with E-state index in [0.717, 1.165) is 23.4 Å². The molecule has 3 rings (SSSR count). The van der Waals surface area contributed by atoms with Crippen molar-refractivity contribution in [3.05, 3.63) is 59.4 Å². The molecule has 1 atom stereocenters. The Bertz CT molecular complexity index is 864. The highest BCUT2D eigenvalue weighted by atomic mass is 32.2. The smallest absolute Gasteiger partial charge is 0.337 e. The Labute approximate surface area is 134 Å². The molecule has 0 saturated carbocycles. The molecule has 0 saturated heterocycles. The molecule has 6 nitrogen and oxygen atoms in total. The second-order valence-corrected chi connectivity index (χ2v) is 7.48. The van der Waals surface area contributed by atoms with Crippen molar-refractivity contribution in [1.29, 1.82) is 0 Å². The van der Waals surface area contributed by atoms with E-state index in [-0.39, 0.29) is 23.0 Å². The molecule has 1 N–H and O–H groups in total. The van der Waals surface area contributed by atoms with Crippen LogP contribution in [0.5, 0.6) is 0 Å². The molecule has 23 heavy (non-hydrogen) atoms. The van der Waals surface area contributed by atoms with Crippen LogP contribution in [0.1, 0.15) is 28.4 Å². The minimum atomic E-state index is -3.80. The Morgan fingerprint density at radius 3 is 2.65 bits per heavy atom. The van der Waals surface area contributed by atoms with Crippen LogP contribution in [0.2, 0.25) is 0 Å². The normalized spacial score (nSPS) is 18.4. The largest absolute Gasteiger partial charge is 0.478 e. The fraction of sp³-hybridized carbons (Fsp3) is 0.250. The lowest BCUT2D eigenvalue weighted by atomic mass is 9.97. The van der Waals surface area contributed by atoms with E-state index in [2.05, 4.69) is 4.98 Å². The number of sulfonamides is 1. The molecule has 2 heterocycles. The molecule has 0 fully saturated rings. The van der Waals surface area contributed by atoms with Crippen LogP contribution in [-0.2, 0) is 23.0 Å². The number of pyridine rings is 1. The summed E-state index contributed by atoms with van der Waals surface area (Å²) in [6.07, 6.45) is 2.95. The average Bonchev–Trinajstić information content (AvgIpc) is 2.54. The van der Waals surface area contributed by atoms with E-state index >= 15 is 0 Å². The molecule has 1 aliphatic rings. The van der Waals surface area contributed by atoms with Crippen molar-refractivity contribution in [3.8, 4) is 0 Å². The summed E-state index contributed by atoms with van der Waals surface area (Å²) in [5.74, 6) is -1.20. The fourth-order valence-electron chi connectivity index (χ4n) is 2.79. The van der Waals surface area contributed by atoms with Gasteiger partial charge in [-0.05, 0) is 30.5 Å². The third-order valence-electron chi connectivity index (χ3n) is 4.02. The van der Waals surface area contributed by atoms with Gasteiger partial charge in [0.05, 0.1) is 5.56 Å². The minimum absolute atomic E-state index is 0.0939. The van der Waals surface area contributed by atoms with Gasteiger partial charge in [-0.1, -0.05) is 24.3 Å². The molecule has 0 radical (unpaired) electrons. The number of hydrogen-bond donors (Lipinski definition) is 1. The second-order valence-electron chi connectivity index (χ2n) is 5.59. The molecule has 1 aromatic heterocycles. The summed E-state index contributed by atoms with van der Waals surface area (Å²) in [5.41, 5.74) is 1.97. The Hall–Kier alpha value is -2.25. The average molecular weight is 332 g/mol. The molecular weight excluding hydrogens is 316 g/mol. The standard InChI is InChI=1S/C16H16N2O4S/c1-11-6-12-4-2-3-5-13(12)10-18(11)23(21,22)15-7-14(16(19)20)8-17-9-15/h2-5,7-9,11H,6,10H2,1H3,(H,19,20).